The van der Waals surface area contributed by atoms with Gasteiger partial charge in [0.25, 0.3) is 0 Å². The van der Waals surface area contributed by atoms with Crippen molar-refractivity contribution < 1.29 is 13.2 Å². The Morgan fingerprint density at radius 3 is 2.77 bits per heavy atom. The molecule has 0 aliphatic rings. The Bertz CT molecular complexity index is 840. The first kappa shape index (κ1) is 20.7. The third-order valence-corrected chi connectivity index (χ3v) is 5.99. The van der Waals surface area contributed by atoms with Gasteiger partial charge in [-0.1, -0.05) is 11.6 Å². The fourth-order valence-corrected chi connectivity index (χ4v) is 4.67. The quantitative estimate of drug-likeness (QED) is 0.583. The van der Waals surface area contributed by atoms with Gasteiger partial charge in [-0.15, -0.1) is 0 Å². The summed E-state index contributed by atoms with van der Waals surface area (Å²) in [4.78, 5) is 18.1. The van der Waals surface area contributed by atoms with Gasteiger partial charge < -0.3 is 4.90 Å². The third kappa shape index (κ3) is 6.00. The molecule has 2 aromatic heterocycles. The highest BCUT2D eigenvalue weighted by Crippen LogP contribution is 2.26. The highest BCUT2D eigenvalue weighted by atomic mass is 35.5. The number of hydrogen-bond donors (Lipinski definition) is 0. The van der Waals surface area contributed by atoms with E-state index < -0.39 is 9.84 Å². The molecule has 0 unspecified atom stereocenters. The molecule has 10 heteroatoms. The Labute approximate surface area is 162 Å². The van der Waals surface area contributed by atoms with E-state index >= 15 is 0 Å². The molecule has 2 aromatic rings. The smallest absolute Gasteiger partial charge is 0.227 e. The van der Waals surface area contributed by atoms with Gasteiger partial charge >= 0.3 is 0 Å². The summed E-state index contributed by atoms with van der Waals surface area (Å²) in [6.45, 7) is 2.33. The maximum absolute atomic E-state index is 12.5. The van der Waals surface area contributed by atoms with Crippen molar-refractivity contribution in [2.75, 3.05) is 35.0 Å². The average Bonchev–Trinajstić information content (AvgIpc) is 2.97. The van der Waals surface area contributed by atoms with Crippen LogP contribution in [0, 0.1) is 0 Å². The van der Waals surface area contributed by atoms with Gasteiger partial charge in [-0.2, -0.15) is 16.9 Å². The number of nitrogens with zero attached hydrogens (tertiary/aromatic N) is 4. The summed E-state index contributed by atoms with van der Waals surface area (Å²) in [5, 5.41) is 4.49. The van der Waals surface area contributed by atoms with E-state index in [4.69, 9.17) is 11.6 Å². The Balaban J connectivity index is 1.99. The van der Waals surface area contributed by atoms with Gasteiger partial charge in [0.05, 0.1) is 23.8 Å². The van der Waals surface area contributed by atoms with Gasteiger partial charge in [0.2, 0.25) is 5.91 Å². The van der Waals surface area contributed by atoms with Gasteiger partial charge in [0.1, 0.15) is 15.5 Å². The molecular weight excluding hydrogens is 396 g/mol. The molecule has 26 heavy (non-hydrogen) atoms. The maximum Gasteiger partial charge on any atom is 0.227 e. The lowest BCUT2D eigenvalue weighted by Gasteiger charge is -2.19. The maximum atomic E-state index is 12.5. The molecule has 0 N–H and O–H groups in total. The summed E-state index contributed by atoms with van der Waals surface area (Å²) >= 11 is 7.68. The molecule has 0 aromatic carbocycles. The number of aromatic nitrogens is 3. The molecule has 2 heterocycles. The van der Waals surface area contributed by atoms with E-state index in [-0.39, 0.29) is 16.8 Å². The molecule has 0 radical (unpaired) electrons. The van der Waals surface area contributed by atoms with Crippen molar-refractivity contribution in [3.8, 4) is 5.69 Å². The van der Waals surface area contributed by atoms with Crippen molar-refractivity contribution in [3.05, 3.63) is 35.9 Å². The predicted octanol–water partition coefficient (Wildman–Crippen LogP) is 2.44. The highest BCUT2D eigenvalue weighted by molar-refractivity contribution is 8.00. The molecule has 0 aliphatic carbocycles. The van der Waals surface area contributed by atoms with Crippen LogP contribution in [0.15, 0.2) is 30.7 Å². The minimum absolute atomic E-state index is 0.0769. The van der Waals surface area contributed by atoms with Crippen LogP contribution in [0.1, 0.15) is 13.3 Å². The van der Waals surface area contributed by atoms with Crippen LogP contribution in [0.3, 0.4) is 0 Å². The molecule has 0 aliphatic heterocycles. The largest absolute Gasteiger partial charge is 0.308 e. The van der Waals surface area contributed by atoms with Crippen LogP contribution in [0.2, 0.25) is 5.15 Å². The van der Waals surface area contributed by atoms with E-state index in [1.54, 1.807) is 34.2 Å². The number of halogens is 1. The SMILES string of the molecule is CCN(C(=O)CCSCCS(C)(=O)=O)c1cn(-c2cccnc2)nc1Cl. The first-order valence-corrected chi connectivity index (χ1v) is 11.6. The van der Waals surface area contributed by atoms with Gasteiger partial charge in [-0.3, -0.25) is 9.78 Å². The molecule has 1 amide bonds. The van der Waals surface area contributed by atoms with Gasteiger partial charge in [-0.25, -0.2) is 13.1 Å². The summed E-state index contributed by atoms with van der Waals surface area (Å²) in [7, 11) is -2.97. The van der Waals surface area contributed by atoms with Crippen LogP contribution in [-0.2, 0) is 14.6 Å². The van der Waals surface area contributed by atoms with Crippen molar-refractivity contribution in [1.29, 1.82) is 0 Å². The predicted molar refractivity (Wildman–Crippen MR) is 106 cm³/mol. The minimum atomic E-state index is -2.97. The molecule has 0 bridgehead atoms. The van der Waals surface area contributed by atoms with Crippen LogP contribution in [0.5, 0.6) is 0 Å². The van der Waals surface area contributed by atoms with Crippen molar-refractivity contribution in [1.82, 2.24) is 14.8 Å². The van der Waals surface area contributed by atoms with E-state index in [9.17, 15) is 13.2 Å². The summed E-state index contributed by atoms with van der Waals surface area (Å²) in [6.07, 6.45) is 6.54. The van der Waals surface area contributed by atoms with Crippen LogP contribution in [0.25, 0.3) is 5.69 Å². The Kier molecular flexibility index (Phi) is 7.48. The number of rotatable bonds is 9. The molecule has 0 saturated carbocycles. The lowest BCUT2D eigenvalue weighted by molar-refractivity contribution is -0.118. The number of thioether (sulfide) groups is 1. The lowest BCUT2D eigenvalue weighted by atomic mass is 10.3. The van der Waals surface area contributed by atoms with Crippen LogP contribution >= 0.6 is 23.4 Å². The Hall–Kier alpha value is -1.58. The molecular formula is C16H21ClN4O3S2. The monoisotopic (exact) mass is 416 g/mol. The van der Waals surface area contributed by atoms with E-state index in [1.807, 2.05) is 13.0 Å². The zero-order chi connectivity index (χ0) is 19.2. The van der Waals surface area contributed by atoms with E-state index in [1.165, 1.54) is 18.0 Å². The number of anilines is 1. The standard InChI is InChI=1S/C16H21ClN4O3S2/c1-3-20(15(22)6-8-25-9-10-26(2,23)24)14-12-21(19-16(14)17)13-5-4-7-18-11-13/h4-5,7,11-12H,3,6,8-10H2,1-2H3. The van der Waals surface area contributed by atoms with Crippen LogP contribution in [0.4, 0.5) is 5.69 Å². The molecule has 0 atom stereocenters. The van der Waals surface area contributed by atoms with E-state index in [0.29, 0.717) is 30.2 Å². The van der Waals surface area contributed by atoms with Crippen molar-refractivity contribution in [2.24, 2.45) is 0 Å². The normalized spacial score (nSPS) is 11.5. The summed E-state index contributed by atoms with van der Waals surface area (Å²) in [5.41, 5.74) is 1.30. The zero-order valence-electron chi connectivity index (χ0n) is 14.6. The molecule has 2 rings (SSSR count). The average molecular weight is 417 g/mol. The number of pyridine rings is 1. The number of sulfone groups is 1. The fourth-order valence-electron chi connectivity index (χ4n) is 2.23. The molecule has 7 nitrogen and oxygen atoms in total. The first-order valence-electron chi connectivity index (χ1n) is 8.03. The lowest BCUT2D eigenvalue weighted by Crippen LogP contribution is -2.30. The van der Waals surface area contributed by atoms with Crippen molar-refractivity contribution >= 4 is 44.8 Å². The first-order chi connectivity index (χ1) is 12.3. The summed E-state index contributed by atoms with van der Waals surface area (Å²) in [5.74, 6) is 1.08. The topological polar surface area (TPSA) is 85.2 Å². The summed E-state index contributed by atoms with van der Waals surface area (Å²) in [6, 6.07) is 3.64. The number of amides is 1. The highest BCUT2D eigenvalue weighted by Gasteiger charge is 2.20. The van der Waals surface area contributed by atoms with Crippen molar-refractivity contribution in [2.45, 2.75) is 13.3 Å². The number of hydrogen-bond acceptors (Lipinski definition) is 6. The molecule has 142 valence electrons. The van der Waals surface area contributed by atoms with Gasteiger partial charge in [0.15, 0.2) is 5.15 Å². The second-order valence-electron chi connectivity index (χ2n) is 5.59. The fraction of sp³-hybridized carbons (Fsp3) is 0.438. The van der Waals surface area contributed by atoms with Crippen molar-refractivity contribution in [3.63, 3.8) is 0 Å². The van der Waals surface area contributed by atoms with E-state index in [0.717, 1.165) is 5.69 Å². The molecule has 0 spiro atoms. The Morgan fingerprint density at radius 2 is 2.15 bits per heavy atom. The molecule has 0 fully saturated rings. The van der Waals surface area contributed by atoms with Crippen LogP contribution < -0.4 is 4.90 Å². The second-order valence-corrected chi connectivity index (χ2v) is 9.43. The van der Waals surface area contributed by atoms with Gasteiger partial charge in [0, 0.05) is 36.9 Å². The summed E-state index contributed by atoms with van der Waals surface area (Å²) < 4.78 is 23.8. The Morgan fingerprint density at radius 1 is 1.38 bits per heavy atom. The van der Waals surface area contributed by atoms with E-state index in [2.05, 4.69) is 10.1 Å². The minimum Gasteiger partial charge on any atom is -0.308 e. The van der Waals surface area contributed by atoms with Crippen LogP contribution in [-0.4, -0.2) is 59.1 Å². The molecule has 0 saturated heterocycles. The zero-order valence-corrected chi connectivity index (χ0v) is 17.0. The third-order valence-electron chi connectivity index (χ3n) is 3.53. The second kappa shape index (κ2) is 9.38. The van der Waals surface area contributed by atoms with Gasteiger partial charge in [-0.05, 0) is 19.1 Å². The number of carbonyl (C=O) groups is 1. The number of carbonyl (C=O) groups excluding carboxylic acids is 1.